The zero-order valence-corrected chi connectivity index (χ0v) is 13.6. The molecule has 1 aromatic carbocycles. The normalized spacial score (nSPS) is 12.5. The summed E-state index contributed by atoms with van der Waals surface area (Å²) in [4.78, 5) is 40.5. The van der Waals surface area contributed by atoms with Crippen molar-refractivity contribution in [2.75, 3.05) is 29.9 Å². The molecule has 0 bridgehead atoms. The molecule has 3 N–H and O–H groups in total. The molecule has 9 heteroatoms. The second kappa shape index (κ2) is 7.51. The number of nitrogens with zero attached hydrogens (tertiary/aromatic N) is 2. The summed E-state index contributed by atoms with van der Waals surface area (Å²) in [5.74, 6) is -1.16. The predicted molar refractivity (Wildman–Crippen MR) is 92.5 cm³/mol. The Morgan fingerprint density at radius 2 is 2.00 bits per heavy atom. The molecule has 3 rings (SSSR count). The van der Waals surface area contributed by atoms with Crippen molar-refractivity contribution in [1.29, 1.82) is 0 Å². The highest BCUT2D eigenvalue weighted by molar-refractivity contribution is 6.03. The van der Waals surface area contributed by atoms with Gasteiger partial charge < -0.3 is 20.5 Å². The van der Waals surface area contributed by atoms with E-state index in [2.05, 4.69) is 15.6 Å². The summed E-state index contributed by atoms with van der Waals surface area (Å²) in [6, 6.07) is 10.1. The van der Waals surface area contributed by atoms with Gasteiger partial charge in [0.25, 0.3) is 5.91 Å². The number of hydrogen-bond acceptors (Lipinski definition) is 5. The van der Waals surface area contributed by atoms with E-state index in [1.54, 1.807) is 12.1 Å². The smallest absolute Gasteiger partial charge is 0.327 e. The number of ether oxygens (including phenoxy) is 1. The number of anilines is 2. The number of hydrogen-bond donors (Lipinski definition) is 3. The van der Waals surface area contributed by atoms with Crippen LogP contribution in [0.15, 0.2) is 42.6 Å². The Labute approximate surface area is 148 Å². The molecule has 0 radical (unpaired) electrons. The molecule has 26 heavy (non-hydrogen) atoms. The summed E-state index contributed by atoms with van der Waals surface area (Å²) in [7, 11) is 0. The molecule has 1 aliphatic rings. The van der Waals surface area contributed by atoms with E-state index in [0.717, 1.165) is 0 Å². The van der Waals surface area contributed by atoms with E-state index >= 15 is 0 Å². The van der Waals surface area contributed by atoms with Crippen LogP contribution >= 0.6 is 0 Å². The molecule has 0 saturated heterocycles. The van der Waals surface area contributed by atoms with Crippen molar-refractivity contribution in [1.82, 2.24) is 10.3 Å². The maximum absolute atomic E-state index is 12.5. The second-order valence-electron chi connectivity index (χ2n) is 5.42. The lowest BCUT2D eigenvalue weighted by Crippen LogP contribution is -2.41. The lowest BCUT2D eigenvalue weighted by atomic mass is 10.2. The Bertz CT molecular complexity index is 840. The molecule has 1 aliphatic heterocycles. The highest BCUT2D eigenvalue weighted by Gasteiger charge is 2.26. The fourth-order valence-electron chi connectivity index (χ4n) is 2.39. The average molecular weight is 356 g/mol. The van der Waals surface area contributed by atoms with E-state index < -0.39 is 18.4 Å². The monoisotopic (exact) mass is 356 g/mol. The van der Waals surface area contributed by atoms with Crippen molar-refractivity contribution in [3.05, 3.63) is 48.2 Å². The van der Waals surface area contributed by atoms with Crippen LogP contribution in [0, 0.1) is 0 Å². The summed E-state index contributed by atoms with van der Waals surface area (Å²) in [6.45, 7) is 0.0582. The Morgan fingerprint density at radius 1 is 1.23 bits per heavy atom. The van der Waals surface area contributed by atoms with Gasteiger partial charge in [-0.1, -0.05) is 18.2 Å². The number of amides is 3. The number of carbonyl (C=O) groups excluding carboxylic acids is 2. The number of carboxylic acids is 1. The number of urea groups is 1. The van der Waals surface area contributed by atoms with Gasteiger partial charge in [0.2, 0.25) is 0 Å². The van der Waals surface area contributed by atoms with Gasteiger partial charge in [-0.05, 0) is 18.2 Å². The SMILES string of the molecule is O=C(O)CNC(=O)c1cnc2c(c1)OCCN2C(=O)Nc1ccccc1. The molecule has 0 spiro atoms. The van der Waals surface area contributed by atoms with Crippen LogP contribution in [0.5, 0.6) is 5.75 Å². The zero-order valence-electron chi connectivity index (χ0n) is 13.6. The fraction of sp³-hybridized carbons (Fsp3) is 0.176. The number of para-hydroxylation sites is 1. The van der Waals surface area contributed by atoms with Crippen LogP contribution in [0.25, 0.3) is 0 Å². The minimum Gasteiger partial charge on any atom is -0.488 e. The van der Waals surface area contributed by atoms with E-state index in [0.29, 0.717) is 18.1 Å². The molecule has 0 atom stereocenters. The quantitative estimate of drug-likeness (QED) is 0.760. The molecule has 3 amide bonds. The van der Waals surface area contributed by atoms with Crippen molar-refractivity contribution in [2.45, 2.75) is 0 Å². The van der Waals surface area contributed by atoms with Crippen LogP contribution in [-0.2, 0) is 4.79 Å². The van der Waals surface area contributed by atoms with Gasteiger partial charge in [-0.15, -0.1) is 0 Å². The number of fused-ring (bicyclic) bond motifs is 1. The Kier molecular flexibility index (Phi) is 4.97. The summed E-state index contributed by atoms with van der Waals surface area (Å²) in [6.07, 6.45) is 1.27. The van der Waals surface area contributed by atoms with Crippen LogP contribution in [0.1, 0.15) is 10.4 Å². The molecule has 2 heterocycles. The van der Waals surface area contributed by atoms with Gasteiger partial charge in [0.1, 0.15) is 13.2 Å². The second-order valence-corrected chi connectivity index (χ2v) is 5.42. The average Bonchev–Trinajstić information content (AvgIpc) is 2.65. The van der Waals surface area contributed by atoms with E-state index in [4.69, 9.17) is 9.84 Å². The van der Waals surface area contributed by atoms with Crippen LogP contribution in [0.2, 0.25) is 0 Å². The first-order chi connectivity index (χ1) is 12.5. The van der Waals surface area contributed by atoms with Crippen molar-refractivity contribution in [2.24, 2.45) is 0 Å². The topological polar surface area (TPSA) is 121 Å². The summed E-state index contributed by atoms with van der Waals surface area (Å²) in [5.41, 5.74) is 0.797. The standard InChI is InChI=1S/C17H16N4O5/c22-14(23)10-19-16(24)11-8-13-15(18-9-11)21(6-7-26-13)17(25)20-12-4-2-1-3-5-12/h1-5,8-9H,6-7,10H2,(H,19,24)(H,20,25)(H,22,23). The summed E-state index contributed by atoms with van der Waals surface area (Å²) >= 11 is 0. The lowest BCUT2D eigenvalue weighted by Gasteiger charge is -2.28. The molecule has 0 aliphatic carbocycles. The summed E-state index contributed by atoms with van der Waals surface area (Å²) < 4.78 is 5.49. The van der Waals surface area contributed by atoms with E-state index in [9.17, 15) is 14.4 Å². The number of rotatable bonds is 4. The van der Waals surface area contributed by atoms with Gasteiger partial charge in [-0.3, -0.25) is 14.5 Å². The molecule has 0 unspecified atom stereocenters. The highest BCUT2D eigenvalue weighted by Crippen LogP contribution is 2.30. The number of aliphatic carboxylic acids is 1. The van der Waals surface area contributed by atoms with Gasteiger partial charge in [0, 0.05) is 11.9 Å². The number of carboxylic acid groups (broad SMARTS) is 1. The van der Waals surface area contributed by atoms with Crippen LogP contribution in [0.4, 0.5) is 16.3 Å². The van der Waals surface area contributed by atoms with Crippen LogP contribution in [-0.4, -0.2) is 47.7 Å². The fourth-order valence-corrected chi connectivity index (χ4v) is 2.39. The number of carbonyl (C=O) groups is 3. The molecule has 134 valence electrons. The molecular weight excluding hydrogens is 340 g/mol. The molecule has 9 nitrogen and oxygen atoms in total. The largest absolute Gasteiger partial charge is 0.488 e. The number of nitrogens with one attached hydrogen (secondary N) is 2. The molecule has 0 fully saturated rings. The zero-order chi connectivity index (χ0) is 18.5. The Hall–Kier alpha value is -3.62. The molecular formula is C17H16N4O5. The highest BCUT2D eigenvalue weighted by atomic mass is 16.5. The number of pyridine rings is 1. The van der Waals surface area contributed by atoms with E-state index in [-0.39, 0.29) is 24.0 Å². The summed E-state index contributed by atoms with van der Waals surface area (Å²) in [5, 5.41) is 13.6. The van der Waals surface area contributed by atoms with Crippen molar-refractivity contribution >= 4 is 29.4 Å². The number of aromatic nitrogens is 1. The molecule has 0 saturated carbocycles. The maximum Gasteiger partial charge on any atom is 0.327 e. The molecule has 2 aromatic rings. The van der Waals surface area contributed by atoms with Gasteiger partial charge in [-0.2, -0.15) is 0 Å². The van der Waals surface area contributed by atoms with Crippen molar-refractivity contribution in [3.8, 4) is 5.75 Å². The van der Waals surface area contributed by atoms with Gasteiger partial charge >= 0.3 is 12.0 Å². The van der Waals surface area contributed by atoms with Gasteiger partial charge in [0.15, 0.2) is 11.6 Å². The van der Waals surface area contributed by atoms with E-state index in [1.807, 2.05) is 18.2 Å². The third-order valence-corrected chi connectivity index (χ3v) is 3.59. The van der Waals surface area contributed by atoms with Crippen molar-refractivity contribution in [3.63, 3.8) is 0 Å². The predicted octanol–water partition coefficient (Wildman–Crippen LogP) is 1.33. The van der Waals surface area contributed by atoms with Crippen LogP contribution < -0.4 is 20.3 Å². The Balaban J connectivity index is 1.76. The van der Waals surface area contributed by atoms with E-state index in [1.165, 1.54) is 17.2 Å². The molecule has 1 aromatic heterocycles. The number of benzene rings is 1. The first-order valence-corrected chi connectivity index (χ1v) is 7.81. The third-order valence-electron chi connectivity index (χ3n) is 3.59. The Morgan fingerprint density at radius 3 is 2.73 bits per heavy atom. The van der Waals surface area contributed by atoms with Crippen molar-refractivity contribution < 1.29 is 24.2 Å². The van der Waals surface area contributed by atoms with Crippen LogP contribution in [0.3, 0.4) is 0 Å². The first kappa shape index (κ1) is 17.2. The minimum absolute atomic E-state index is 0.148. The third kappa shape index (κ3) is 3.89. The van der Waals surface area contributed by atoms with Gasteiger partial charge in [0.05, 0.1) is 12.1 Å². The van der Waals surface area contributed by atoms with Gasteiger partial charge in [-0.25, -0.2) is 9.78 Å². The first-order valence-electron chi connectivity index (χ1n) is 7.81. The lowest BCUT2D eigenvalue weighted by molar-refractivity contribution is -0.135. The maximum atomic E-state index is 12.5. The minimum atomic E-state index is -1.15.